The van der Waals surface area contributed by atoms with Crippen molar-refractivity contribution < 1.29 is 9.53 Å². The zero-order valence-electron chi connectivity index (χ0n) is 11.4. The number of hydrogen-bond acceptors (Lipinski definition) is 4. The highest BCUT2D eigenvalue weighted by Gasteiger charge is 2.49. The molecule has 4 rings (SSSR count). The van der Waals surface area contributed by atoms with Crippen molar-refractivity contribution in [3.05, 3.63) is 24.0 Å². The molecule has 0 spiro atoms. The molecule has 106 valence electrons. The summed E-state index contributed by atoms with van der Waals surface area (Å²) in [6.45, 7) is 1.72. The molecule has 2 saturated carbocycles. The summed E-state index contributed by atoms with van der Waals surface area (Å²) in [5, 5.41) is 7.52. The Kier molecular flexibility index (Phi) is 2.95. The Balaban J connectivity index is 1.46. The Morgan fingerprint density at radius 2 is 2.20 bits per heavy atom. The summed E-state index contributed by atoms with van der Waals surface area (Å²) in [5.41, 5.74) is 0.633. The van der Waals surface area contributed by atoms with Gasteiger partial charge in [-0.15, -0.1) is 0 Å². The van der Waals surface area contributed by atoms with Gasteiger partial charge in [0.25, 0.3) is 5.91 Å². The quantitative estimate of drug-likeness (QED) is 0.834. The molecule has 1 aliphatic heterocycles. The van der Waals surface area contributed by atoms with E-state index in [9.17, 15) is 4.79 Å². The van der Waals surface area contributed by atoms with Crippen LogP contribution in [0.5, 0.6) is 0 Å². The average molecular weight is 273 g/mol. The molecule has 3 fully saturated rings. The highest BCUT2D eigenvalue weighted by molar-refractivity contribution is 5.94. The standard InChI is InChI=1S/C15H19N3O2/c19-15(11-5-6-16-17-7-11)18-8-12-3-4-13(18)14(12)20-9-10-1-2-10/h5-7,10,12-14H,1-4,8-9H2/t12-,13+,14-/m1/s1. The Hall–Kier alpha value is -1.49. The Morgan fingerprint density at radius 1 is 1.30 bits per heavy atom. The molecule has 2 heterocycles. The number of nitrogens with zero attached hydrogens (tertiary/aromatic N) is 3. The SMILES string of the molecule is O=C(c1ccnnc1)N1C[C@H]2CC[C@H]1[C@@H]2OCC1CC1. The molecule has 1 aromatic heterocycles. The summed E-state index contributed by atoms with van der Waals surface area (Å²) in [4.78, 5) is 14.5. The molecule has 1 aromatic rings. The van der Waals surface area contributed by atoms with E-state index < -0.39 is 0 Å². The lowest BCUT2D eigenvalue weighted by Gasteiger charge is -2.27. The maximum atomic E-state index is 12.5. The first-order valence-electron chi connectivity index (χ1n) is 7.52. The fourth-order valence-corrected chi connectivity index (χ4v) is 3.54. The first-order valence-corrected chi connectivity index (χ1v) is 7.52. The van der Waals surface area contributed by atoms with E-state index >= 15 is 0 Å². The van der Waals surface area contributed by atoms with Crippen LogP contribution in [0.15, 0.2) is 18.5 Å². The van der Waals surface area contributed by atoms with Gasteiger partial charge in [-0.3, -0.25) is 4.79 Å². The Labute approximate surface area is 118 Å². The number of fused-ring (bicyclic) bond motifs is 2. The van der Waals surface area contributed by atoms with Crippen LogP contribution in [0.25, 0.3) is 0 Å². The van der Waals surface area contributed by atoms with Crippen molar-refractivity contribution in [2.75, 3.05) is 13.2 Å². The summed E-state index contributed by atoms with van der Waals surface area (Å²) in [6, 6.07) is 2.00. The van der Waals surface area contributed by atoms with Crippen LogP contribution in [0.4, 0.5) is 0 Å². The molecule has 20 heavy (non-hydrogen) atoms. The fourth-order valence-electron chi connectivity index (χ4n) is 3.54. The molecule has 1 amide bonds. The summed E-state index contributed by atoms with van der Waals surface area (Å²) in [7, 11) is 0. The van der Waals surface area contributed by atoms with E-state index in [1.165, 1.54) is 19.3 Å². The molecule has 1 saturated heterocycles. The van der Waals surface area contributed by atoms with Crippen LogP contribution < -0.4 is 0 Å². The van der Waals surface area contributed by atoms with Gasteiger partial charge in [0, 0.05) is 19.1 Å². The van der Waals surface area contributed by atoms with Crippen molar-refractivity contribution in [2.45, 2.75) is 37.8 Å². The highest BCUT2D eigenvalue weighted by atomic mass is 16.5. The Morgan fingerprint density at radius 3 is 2.95 bits per heavy atom. The molecule has 3 aliphatic rings. The third-order valence-electron chi connectivity index (χ3n) is 4.82. The van der Waals surface area contributed by atoms with Gasteiger partial charge in [0.2, 0.25) is 0 Å². The van der Waals surface area contributed by atoms with Gasteiger partial charge in [-0.1, -0.05) is 0 Å². The largest absolute Gasteiger partial charge is 0.375 e. The zero-order chi connectivity index (χ0) is 13.5. The van der Waals surface area contributed by atoms with E-state index in [1.54, 1.807) is 18.5 Å². The monoisotopic (exact) mass is 273 g/mol. The van der Waals surface area contributed by atoms with Gasteiger partial charge in [-0.05, 0) is 37.7 Å². The molecule has 5 heteroatoms. The molecule has 3 atom stereocenters. The van der Waals surface area contributed by atoms with Crippen LogP contribution in [0.2, 0.25) is 0 Å². The number of hydrogen-bond donors (Lipinski definition) is 0. The lowest BCUT2D eigenvalue weighted by Crippen LogP contribution is -2.40. The molecule has 5 nitrogen and oxygen atoms in total. The molecule has 0 radical (unpaired) electrons. The van der Waals surface area contributed by atoms with Crippen LogP contribution in [0.3, 0.4) is 0 Å². The number of carbonyl (C=O) groups is 1. The molecule has 2 aliphatic carbocycles. The molecular formula is C15H19N3O2. The number of rotatable bonds is 4. The van der Waals surface area contributed by atoms with Gasteiger partial charge in [0.1, 0.15) is 0 Å². The van der Waals surface area contributed by atoms with Crippen molar-refractivity contribution in [2.24, 2.45) is 11.8 Å². The van der Waals surface area contributed by atoms with Gasteiger partial charge in [0.15, 0.2) is 0 Å². The molecule has 0 N–H and O–H groups in total. The maximum Gasteiger partial charge on any atom is 0.255 e. The second kappa shape index (κ2) is 4.81. The van der Waals surface area contributed by atoms with Crippen molar-refractivity contribution in [3.63, 3.8) is 0 Å². The first-order chi connectivity index (χ1) is 9.83. The van der Waals surface area contributed by atoms with Gasteiger partial charge < -0.3 is 9.64 Å². The number of carbonyl (C=O) groups excluding carboxylic acids is 1. The predicted molar refractivity (Wildman–Crippen MR) is 72.0 cm³/mol. The second-order valence-electron chi connectivity index (χ2n) is 6.23. The van der Waals surface area contributed by atoms with Crippen molar-refractivity contribution in [1.82, 2.24) is 15.1 Å². The van der Waals surface area contributed by atoms with Crippen LogP contribution in [0, 0.1) is 11.8 Å². The van der Waals surface area contributed by atoms with Gasteiger partial charge in [-0.2, -0.15) is 10.2 Å². The summed E-state index contributed by atoms with van der Waals surface area (Å²) in [6.07, 6.45) is 8.27. The summed E-state index contributed by atoms with van der Waals surface area (Å²) in [5.74, 6) is 1.38. The summed E-state index contributed by atoms with van der Waals surface area (Å²) >= 11 is 0. The van der Waals surface area contributed by atoms with Crippen molar-refractivity contribution in [3.8, 4) is 0 Å². The van der Waals surface area contributed by atoms with Crippen LogP contribution >= 0.6 is 0 Å². The topological polar surface area (TPSA) is 55.3 Å². The first kappa shape index (κ1) is 12.3. The Bertz CT molecular complexity index is 503. The molecular weight excluding hydrogens is 254 g/mol. The van der Waals surface area contributed by atoms with E-state index in [-0.39, 0.29) is 18.1 Å². The smallest absolute Gasteiger partial charge is 0.255 e. The predicted octanol–water partition coefficient (Wildman–Crippen LogP) is 1.51. The van der Waals surface area contributed by atoms with Crippen LogP contribution in [-0.4, -0.2) is 46.3 Å². The molecule has 2 bridgehead atoms. The number of likely N-dealkylation sites (tertiary alicyclic amines) is 1. The van der Waals surface area contributed by atoms with E-state index in [0.29, 0.717) is 11.5 Å². The third-order valence-corrected chi connectivity index (χ3v) is 4.82. The van der Waals surface area contributed by atoms with E-state index in [1.807, 2.05) is 4.90 Å². The average Bonchev–Trinajstić information content (AvgIpc) is 3.18. The number of ether oxygens (including phenoxy) is 1. The number of piperidine rings is 1. The van der Waals surface area contributed by atoms with Crippen LogP contribution in [0.1, 0.15) is 36.0 Å². The fraction of sp³-hybridized carbons (Fsp3) is 0.667. The number of amides is 1. The van der Waals surface area contributed by atoms with Crippen LogP contribution in [-0.2, 0) is 4.74 Å². The number of aromatic nitrogens is 2. The van der Waals surface area contributed by atoms with Gasteiger partial charge in [-0.25, -0.2) is 0 Å². The van der Waals surface area contributed by atoms with E-state index in [2.05, 4.69) is 10.2 Å². The maximum absolute atomic E-state index is 12.5. The minimum absolute atomic E-state index is 0.0760. The summed E-state index contributed by atoms with van der Waals surface area (Å²) < 4.78 is 6.11. The van der Waals surface area contributed by atoms with Crippen molar-refractivity contribution in [1.29, 1.82) is 0 Å². The molecule has 0 aromatic carbocycles. The van der Waals surface area contributed by atoms with Gasteiger partial charge in [0.05, 0.1) is 30.1 Å². The molecule has 0 unspecified atom stereocenters. The minimum atomic E-state index is 0.0760. The van der Waals surface area contributed by atoms with E-state index in [4.69, 9.17) is 4.74 Å². The van der Waals surface area contributed by atoms with Crippen molar-refractivity contribution >= 4 is 5.91 Å². The minimum Gasteiger partial charge on any atom is -0.375 e. The highest BCUT2D eigenvalue weighted by Crippen LogP contribution is 2.41. The van der Waals surface area contributed by atoms with E-state index in [0.717, 1.165) is 25.5 Å². The third kappa shape index (κ3) is 2.10. The van der Waals surface area contributed by atoms with Gasteiger partial charge >= 0.3 is 0 Å². The normalized spacial score (nSPS) is 31.8. The second-order valence-corrected chi connectivity index (χ2v) is 6.23. The lowest BCUT2D eigenvalue weighted by atomic mass is 10.1. The lowest BCUT2D eigenvalue weighted by molar-refractivity contribution is 0.0208. The zero-order valence-corrected chi connectivity index (χ0v) is 11.4.